The molecule has 0 aliphatic heterocycles. The fourth-order valence-corrected chi connectivity index (χ4v) is 1.59. The zero-order valence-electron chi connectivity index (χ0n) is 10.2. The summed E-state index contributed by atoms with van der Waals surface area (Å²) in [5, 5.41) is 26.2. The zero-order chi connectivity index (χ0) is 15.5. The van der Waals surface area contributed by atoms with Crippen molar-refractivity contribution in [1.82, 2.24) is 0 Å². The first-order valence-corrected chi connectivity index (χ1v) is 6.09. The summed E-state index contributed by atoms with van der Waals surface area (Å²) in [4.78, 5) is 32.2. The van der Waals surface area contributed by atoms with Crippen LogP contribution in [0.1, 0.15) is 20.7 Å². The van der Waals surface area contributed by atoms with Crippen LogP contribution in [0.5, 0.6) is 0 Å². The van der Waals surface area contributed by atoms with Gasteiger partial charge in [0.05, 0.1) is 0 Å². The minimum absolute atomic E-state index is 0.0671. The van der Waals surface area contributed by atoms with Crippen molar-refractivity contribution in [2.45, 2.75) is 11.8 Å². The van der Waals surface area contributed by atoms with E-state index in [0.717, 1.165) is 0 Å². The maximum absolute atomic E-state index is 11.2. The third-order valence-electron chi connectivity index (χ3n) is 2.56. The highest BCUT2D eigenvalue weighted by Crippen LogP contribution is 2.27. The van der Waals surface area contributed by atoms with E-state index in [1.54, 1.807) is 12.1 Å². The molecule has 0 fully saturated rings. The van der Waals surface area contributed by atoms with Crippen molar-refractivity contribution in [2.75, 3.05) is 5.75 Å². The quantitative estimate of drug-likeness (QED) is 0.270. The number of Topliss-reactive ketones (excluding diaryl/α,β-unsaturated/α-hetero) is 2. The fourth-order valence-electron chi connectivity index (χ4n) is 1.44. The van der Waals surface area contributed by atoms with Gasteiger partial charge in [0.2, 0.25) is 11.6 Å². The molecule has 7 nitrogen and oxygen atoms in total. The first kappa shape index (κ1) is 16.3. The van der Waals surface area contributed by atoms with Crippen LogP contribution < -0.4 is 5.73 Å². The van der Waals surface area contributed by atoms with Gasteiger partial charge < -0.3 is 21.1 Å². The van der Waals surface area contributed by atoms with Gasteiger partial charge in [0.25, 0.3) is 5.79 Å². The average Bonchev–Trinajstić information content (AvgIpc) is 2.60. The molecule has 0 saturated heterocycles. The van der Waals surface area contributed by atoms with Gasteiger partial charge in [0.1, 0.15) is 6.04 Å². The van der Waals surface area contributed by atoms with Crippen LogP contribution in [0.25, 0.3) is 0 Å². The molecule has 0 saturated carbocycles. The SMILES string of the molecule is N[C@@H](CS)C(=O)O.O=C1c2ccccc2C(=O)C1(O)O. The molecule has 8 heteroatoms. The molecule has 0 unspecified atom stereocenters. The van der Waals surface area contributed by atoms with Crippen LogP contribution in [-0.4, -0.2) is 50.4 Å². The van der Waals surface area contributed by atoms with E-state index < -0.39 is 29.4 Å². The Labute approximate surface area is 119 Å². The lowest BCUT2D eigenvalue weighted by Crippen LogP contribution is -2.40. The number of carboxylic acid groups (broad SMARTS) is 1. The first-order valence-electron chi connectivity index (χ1n) is 5.46. The lowest BCUT2D eigenvalue weighted by Gasteiger charge is -2.08. The lowest BCUT2D eigenvalue weighted by molar-refractivity contribution is -0.137. The summed E-state index contributed by atoms with van der Waals surface area (Å²) in [6, 6.07) is 5.09. The van der Waals surface area contributed by atoms with Crippen LogP contribution in [-0.2, 0) is 4.79 Å². The molecular weight excluding hydrogens is 286 g/mol. The summed E-state index contributed by atoms with van der Waals surface area (Å²) < 4.78 is 0. The highest BCUT2D eigenvalue weighted by atomic mass is 32.1. The molecule has 1 aliphatic rings. The topological polar surface area (TPSA) is 138 Å². The van der Waals surface area contributed by atoms with E-state index in [2.05, 4.69) is 12.6 Å². The fraction of sp³-hybridized carbons (Fsp3) is 0.250. The largest absolute Gasteiger partial charge is 0.480 e. The van der Waals surface area contributed by atoms with Crippen molar-refractivity contribution in [2.24, 2.45) is 5.73 Å². The van der Waals surface area contributed by atoms with E-state index in [1.807, 2.05) is 0 Å². The van der Waals surface area contributed by atoms with Crippen LogP contribution in [0.4, 0.5) is 0 Å². The van der Waals surface area contributed by atoms with Crippen molar-refractivity contribution in [3.8, 4) is 0 Å². The molecule has 2 rings (SSSR count). The third-order valence-corrected chi connectivity index (χ3v) is 2.96. The van der Waals surface area contributed by atoms with Crippen LogP contribution in [0, 0.1) is 0 Å². The summed E-state index contributed by atoms with van der Waals surface area (Å²) in [7, 11) is 0. The van der Waals surface area contributed by atoms with Gasteiger partial charge in [-0.1, -0.05) is 24.3 Å². The standard InChI is InChI=1S/C9H6O4.C3H7NO2S/c10-7-5-3-1-2-4-6(5)8(11)9(7,12)13;4-2(1-7)3(5)6/h1-4,12-13H;2,7H,1,4H2,(H,5,6)/t;2-/m.0/s1. The summed E-state index contributed by atoms with van der Waals surface area (Å²) in [6.07, 6.45) is 0. The molecule has 0 radical (unpaired) electrons. The van der Waals surface area contributed by atoms with Crippen molar-refractivity contribution in [3.05, 3.63) is 35.4 Å². The number of aliphatic hydroxyl groups is 2. The Morgan fingerprint density at radius 3 is 1.85 bits per heavy atom. The van der Waals surface area contributed by atoms with Gasteiger partial charge in [0, 0.05) is 16.9 Å². The van der Waals surface area contributed by atoms with E-state index in [4.69, 9.17) is 21.1 Å². The maximum Gasteiger partial charge on any atom is 0.321 e. The Bertz CT molecular complexity index is 520. The predicted molar refractivity (Wildman–Crippen MR) is 71.7 cm³/mol. The number of carbonyl (C=O) groups is 3. The van der Waals surface area contributed by atoms with E-state index in [0.29, 0.717) is 0 Å². The molecule has 20 heavy (non-hydrogen) atoms. The number of thiol groups is 1. The monoisotopic (exact) mass is 299 g/mol. The molecular formula is C12H13NO6S. The summed E-state index contributed by atoms with van der Waals surface area (Å²) in [5.74, 6) is -5.57. The molecule has 1 aromatic carbocycles. The molecule has 108 valence electrons. The smallest absolute Gasteiger partial charge is 0.321 e. The number of benzene rings is 1. The molecule has 0 amide bonds. The average molecular weight is 299 g/mol. The number of aliphatic carboxylic acids is 1. The maximum atomic E-state index is 11.2. The Hall–Kier alpha value is -1.74. The third kappa shape index (κ3) is 3.05. The van der Waals surface area contributed by atoms with Crippen molar-refractivity contribution in [3.63, 3.8) is 0 Å². The Kier molecular flexibility index (Phi) is 5.01. The minimum Gasteiger partial charge on any atom is -0.480 e. The van der Waals surface area contributed by atoms with Crippen LogP contribution >= 0.6 is 12.6 Å². The van der Waals surface area contributed by atoms with E-state index in [-0.39, 0.29) is 16.9 Å². The summed E-state index contributed by atoms with van der Waals surface area (Å²) >= 11 is 3.65. The number of ketones is 2. The summed E-state index contributed by atoms with van der Waals surface area (Å²) in [5.41, 5.74) is 5.07. The van der Waals surface area contributed by atoms with Crippen molar-refractivity contribution in [1.29, 1.82) is 0 Å². The Morgan fingerprint density at radius 1 is 1.20 bits per heavy atom. The number of carbonyl (C=O) groups excluding carboxylic acids is 2. The Morgan fingerprint density at radius 2 is 1.60 bits per heavy atom. The molecule has 0 heterocycles. The van der Waals surface area contributed by atoms with Gasteiger partial charge in [-0.15, -0.1) is 0 Å². The molecule has 1 atom stereocenters. The Balaban J connectivity index is 0.000000246. The normalized spacial score (nSPS) is 17.0. The van der Waals surface area contributed by atoms with Crippen LogP contribution in [0.3, 0.4) is 0 Å². The van der Waals surface area contributed by atoms with Crippen molar-refractivity contribution < 1.29 is 29.7 Å². The highest BCUT2D eigenvalue weighted by molar-refractivity contribution is 7.80. The van der Waals surface area contributed by atoms with E-state index in [1.165, 1.54) is 12.1 Å². The van der Waals surface area contributed by atoms with Gasteiger partial charge in [-0.2, -0.15) is 12.6 Å². The second kappa shape index (κ2) is 6.14. The van der Waals surface area contributed by atoms with E-state index >= 15 is 0 Å². The second-order valence-corrected chi connectivity index (χ2v) is 4.37. The number of fused-ring (bicyclic) bond motifs is 1. The van der Waals surface area contributed by atoms with Crippen LogP contribution in [0.2, 0.25) is 0 Å². The lowest BCUT2D eigenvalue weighted by atomic mass is 10.1. The van der Waals surface area contributed by atoms with Crippen molar-refractivity contribution >= 4 is 30.2 Å². The second-order valence-electron chi connectivity index (χ2n) is 4.00. The van der Waals surface area contributed by atoms with Gasteiger partial charge in [0.15, 0.2) is 0 Å². The van der Waals surface area contributed by atoms with E-state index in [9.17, 15) is 14.4 Å². The van der Waals surface area contributed by atoms with Gasteiger partial charge in [-0.05, 0) is 0 Å². The van der Waals surface area contributed by atoms with Gasteiger partial charge in [-0.3, -0.25) is 14.4 Å². The number of carboxylic acids is 1. The zero-order valence-corrected chi connectivity index (χ0v) is 11.1. The van der Waals surface area contributed by atoms with Gasteiger partial charge in [-0.25, -0.2) is 0 Å². The molecule has 1 aromatic rings. The molecule has 1 aliphatic carbocycles. The molecule has 0 aromatic heterocycles. The minimum atomic E-state index is -2.86. The number of hydrogen-bond acceptors (Lipinski definition) is 7. The summed E-state index contributed by atoms with van der Waals surface area (Å²) in [6.45, 7) is 0. The highest BCUT2D eigenvalue weighted by Gasteiger charge is 2.50. The van der Waals surface area contributed by atoms with Gasteiger partial charge >= 0.3 is 5.97 Å². The van der Waals surface area contributed by atoms with Crippen LogP contribution in [0.15, 0.2) is 24.3 Å². The predicted octanol–water partition coefficient (Wildman–Crippen LogP) is -0.925. The molecule has 0 bridgehead atoms. The number of rotatable bonds is 2. The molecule has 0 spiro atoms. The number of nitrogens with two attached hydrogens (primary N) is 1. The molecule has 5 N–H and O–H groups in total. The number of hydrogen-bond donors (Lipinski definition) is 5. The first-order chi connectivity index (χ1) is 9.23.